The Balaban J connectivity index is 1.26. The van der Waals surface area contributed by atoms with Crippen LogP contribution in [0.25, 0.3) is 0 Å². The van der Waals surface area contributed by atoms with Gasteiger partial charge in [-0.05, 0) is 28.3 Å². The maximum absolute atomic E-state index is 13.5. The Labute approximate surface area is 200 Å². The van der Waals surface area contributed by atoms with Gasteiger partial charge < -0.3 is 4.74 Å². The van der Waals surface area contributed by atoms with Gasteiger partial charge in [-0.15, -0.1) is 0 Å². The third-order valence-corrected chi connectivity index (χ3v) is 7.37. The molecule has 1 heterocycles. The van der Waals surface area contributed by atoms with Crippen LogP contribution in [0, 0.1) is 22.0 Å². The molecular weight excluding hydrogens is 448 g/mol. The zero-order valence-electron chi connectivity index (χ0n) is 18.5. The van der Waals surface area contributed by atoms with E-state index in [1.54, 1.807) is 0 Å². The lowest BCUT2D eigenvalue weighted by Gasteiger charge is -2.45. The highest BCUT2D eigenvalue weighted by molar-refractivity contribution is 6.07. The van der Waals surface area contributed by atoms with Gasteiger partial charge in [0.2, 0.25) is 17.6 Å². The number of likely N-dealkylation sites (tertiary alicyclic amines) is 1. The highest BCUT2D eigenvalue weighted by Crippen LogP contribution is 2.60. The number of nitrogens with zero attached hydrogens (tertiary/aromatic N) is 2. The fraction of sp³-hybridized carbons (Fsp3) is 0.222. The fourth-order valence-corrected chi connectivity index (χ4v) is 6.03. The lowest BCUT2D eigenvalue weighted by Crippen LogP contribution is -2.41. The van der Waals surface area contributed by atoms with E-state index in [4.69, 9.17) is 4.74 Å². The predicted octanol–water partition coefficient (Wildman–Crippen LogP) is 3.78. The molecule has 0 N–H and O–H groups in total. The van der Waals surface area contributed by atoms with Gasteiger partial charge in [-0.2, -0.15) is 0 Å². The Bertz CT molecular complexity index is 1300. The standard InChI is InChI=1S/C27H20N2O6/c30-21(35-20-12-6-5-11-19(20)29(33)34)13-14-28-26(31)24-22-15-7-1-2-8-16(15)23(25(24)27(28)32)18-10-4-3-9-17(18)22/h1-12,22-25H,13-14H2/t22?,23?,24-,25+. The molecule has 3 aliphatic carbocycles. The van der Waals surface area contributed by atoms with E-state index >= 15 is 0 Å². The Morgan fingerprint density at radius 1 is 0.800 bits per heavy atom. The van der Waals surface area contributed by atoms with Crippen molar-refractivity contribution in [3.05, 3.63) is 105 Å². The van der Waals surface area contributed by atoms with Crippen molar-refractivity contribution >= 4 is 23.5 Å². The van der Waals surface area contributed by atoms with Crippen molar-refractivity contribution in [2.75, 3.05) is 6.54 Å². The van der Waals surface area contributed by atoms with Gasteiger partial charge in [0.15, 0.2) is 0 Å². The van der Waals surface area contributed by atoms with Crippen LogP contribution in [0.3, 0.4) is 0 Å². The normalized spacial score (nSPS) is 23.5. The zero-order chi connectivity index (χ0) is 24.3. The number of hydrogen-bond acceptors (Lipinski definition) is 6. The molecule has 1 fully saturated rings. The number of nitro groups is 1. The van der Waals surface area contributed by atoms with Gasteiger partial charge in [0, 0.05) is 24.4 Å². The molecule has 2 atom stereocenters. The van der Waals surface area contributed by atoms with E-state index in [2.05, 4.69) is 0 Å². The number of nitro benzene ring substituents is 1. The van der Waals surface area contributed by atoms with Crippen LogP contribution >= 0.6 is 0 Å². The van der Waals surface area contributed by atoms with Crippen LogP contribution < -0.4 is 4.74 Å². The summed E-state index contributed by atoms with van der Waals surface area (Å²) in [4.78, 5) is 51.3. The summed E-state index contributed by atoms with van der Waals surface area (Å²) in [7, 11) is 0. The summed E-state index contributed by atoms with van der Waals surface area (Å²) in [5.74, 6) is -2.92. The number of benzene rings is 3. The van der Waals surface area contributed by atoms with Crippen molar-refractivity contribution in [2.24, 2.45) is 11.8 Å². The van der Waals surface area contributed by atoms with Gasteiger partial charge in [-0.25, -0.2) is 0 Å². The minimum Gasteiger partial charge on any atom is -0.419 e. The minimum atomic E-state index is -0.746. The highest BCUT2D eigenvalue weighted by atomic mass is 16.6. The molecule has 1 saturated heterocycles. The number of esters is 1. The van der Waals surface area contributed by atoms with Crippen LogP contribution in [-0.4, -0.2) is 34.2 Å². The van der Waals surface area contributed by atoms with Gasteiger partial charge in [0.25, 0.3) is 0 Å². The maximum Gasteiger partial charge on any atom is 0.313 e. The molecule has 1 aliphatic heterocycles. The molecule has 8 nitrogen and oxygen atoms in total. The first-order valence-electron chi connectivity index (χ1n) is 11.4. The van der Waals surface area contributed by atoms with Crippen LogP contribution in [0.2, 0.25) is 0 Å². The molecule has 174 valence electrons. The monoisotopic (exact) mass is 468 g/mol. The van der Waals surface area contributed by atoms with Crippen molar-refractivity contribution in [1.82, 2.24) is 4.90 Å². The van der Waals surface area contributed by atoms with Crippen molar-refractivity contribution in [3.63, 3.8) is 0 Å². The highest BCUT2D eigenvalue weighted by Gasteiger charge is 2.61. The molecule has 8 heteroatoms. The summed E-state index contributed by atoms with van der Waals surface area (Å²) >= 11 is 0. The smallest absolute Gasteiger partial charge is 0.313 e. The second-order valence-corrected chi connectivity index (χ2v) is 9.04. The van der Waals surface area contributed by atoms with Gasteiger partial charge in [-0.3, -0.25) is 29.4 Å². The summed E-state index contributed by atoms with van der Waals surface area (Å²) in [5.41, 5.74) is 3.99. The van der Waals surface area contributed by atoms with E-state index in [-0.39, 0.29) is 48.1 Å². The van der Waals surface area contributed by atoms with Gasteiger partial charge in [-0.1, -0.05) is 60.7 Å². The first-order valence-corrected chi connectivity index (χ1v) is 11.4. The number of rotatable bonds is 5. The number of para-hydroxylation sites is 2. The van der Waals surface area contributed by atoms with Crippen molar-refractivity contribution < 1.29 is 24.0 Å². The second-order valence-electron chi connectivity index (χ2n) is 9.04. The second kappa shape index (κ2) is 7.87. The number of carbonyl (C=O) groups excluding carboxylic acids is 3. The molecule has 0 radical (unpaired) electrons. The summed E-state index contributed by atoms with van der Waals surface area (Å²) in [6.45, 7) is -0.129. The Morgan fingerprint density at radius 3 is 1.74 bits per heavy atom. The van der Waals surface area contributed by atoms with Gasteiger partial charge in [0.1, 0.15) is 0 Å². The van der Waals surface area contributed by atoms with E-state index in [1.165, 1.54) is 29.2 Å². The molecule has 2 amide bonds. The Kier molecular flexibility index (Phi) is 4.77. The van der Waals surface area contributed by atoms with E-state index in [0.29, 0.717) is 0 Å². The van der Waals surface area contributed by atoms with Crippen LogP contribution in [0.5, 0.6) is 5.75 Å². The molecule has 0 spiro atoms. The molecule has 35 heavy (non-hydrogen) atoms. The Morgan fingerprint density at radius 2 is 1.26 bits per heavy atom. The first-order chi connectivity index (χ1) is 17.0. The number of amides is 2. The molecule has 2 bridgehead atoms. The average Bonchev–Trinajstić information content (AvgIpc) is 3.13. The molecule has 0 aromatic heterocycles. The lowest BCUT2D eigenvalue weighted by atomic mass is 9.55. The maximum atomic E-state index is 13.5. The van der Waals surface area contributed by atoms with Crippen molar-refractivity contribution in [2.45, 2.75) is 18.3 Å². The molecule has 0 unspecified atom stereocenters. The van der Waals surface area contributed by atoms with Crippen molar-refractivity contribution in [3.8, 4) is 5.75 Å². The summed E-state index contributed by atoms with van der Waals surface area (Å²) in [6.07, 6.45) is -0.252. The van der Waals surface area contributed by atoms with Gasteiger partial charge in [0.05, 0.1) is 23.2 Å². The first kappa shape index (κ1) is 21.2. The third kappa shape index (κ3) is 3.10. The van der Waals surface area contributed by atoms with E-state index in [0.717, 1.165) is 22.3 Å². The van der Waals surface area contributed by atoms with E-state index in [1.807, 2.05) is 48.5 Å². The van der Waals surface area contributed by atoms with E-state index < -0.39 is 22.7 Å². The fourth-order valence-electron chi connectivity index (χ4n) is 6.03. The van der Waals surface area contributed by atoms with E-state index in [9.17, 15) is 24.5 Å². The van der Waals surface area contributed by atoms with Crippen molar-refractivity contribution in [1.29, 1.82) is 0 Å². The summed E-state index contributed by atoms with van der Waals surface area (Å²) < 4.78 is 5.18. The van der Waals surface area contributed by atoms with Crippen LogP contribution in [0.1, 0.15) is 40.5 Å². The average molecular weight is 468 g/mol. The molecule has 3 aromatic carbocycles. The number of carbonyl (C=O) groups is 3. The summed E-state index contributed by atoms with van der Waals surface area (Å²) in [5, 5.41) is 11.2. The summed E-state index contributed by atoms with van der Waals surface area (Å²) in [6, 6.07) is 21.5. The number of hydrogen-bond donors (Lipinski definition) is 0. The molecule has 3 aromatic rings. The largest absolute Gasteiger partial charge is 0.419 e. The lowest BCUT2D eigenvalue weighted by molar-refractivity contribution is -0.385. The quantitative estimate of drug-likeness (QED) is 0.185. The SMILES string of the molecule is O=C(CCN1C(=O)[C@@H]2C3c4ccccc4C(c4ccccc43)[C@@H]2C1=O)Oc1ccccc1[N+](=O)[O-]. The van der Waals surface area contributed by atoms with Crippen LogP contribution in [-0.2, 0) is 14.4 Å². The Hall–Kier alpha value is -4.33. The van der Waals surface area contributed by atoms with Crippen LogP contribution in [0.4, 0.5) is 5.69 Å². The van der Waals surface area contributed by atoms with Gasteiger partial charge >= 0.3 is 11.7 Å². The third-order valence-electron chi connectivity index (χ3n) is 7.37. The molecule has 0 saturated carbocycles. The minimum absolute atomic E-state index is 0.129. The number of imide groups is 1. The molecule has 7 rings (SSSR count). The molecule has 4 aliphatic rings. The predicted molar refractivity (Wildman–Crippen MR) is 124 cm³/mol. The number of ether oxygens (including phenoxy) is 1. The molecular formula is C27H20N2O6. The zero-order valence-corrected chi connectivity index (χ0v) is 18.5. The van der Waals surface area contributed by atoms with Crippen LogP contribution in [0.15, 0.2) is 72.8 Å². The topological polar surface area (TPSA) is 107 Å².